The molecule has 26 heavy (non-hydrogen) atoms. The van der Waals surface area contributed by atoms with Gasteiger partial charge in [-0.15, -0.1) is 24.8 Å². The summed E-state index contributed by atoms with van der Waals surface area (Å²) in [7, 11) is 2.96. The third-order valence-corrected chi connectivity index (χ3v) is 4.68. The van der Waals surface area contributed by atoms with Crippen LogP contribution in [0.5, 0.6) is 0 Å². The van der Waals surface area contributed by atoms with Gasteiger partial charge < -0.3 is 10.6 Å². The zero-order valence-corrected chi connectivity index (χ0v) is 16.3. The van der Waals surface area contributed by atoms with Gasteiger partial charge in [0.15, 0.2) is 0 Å². The Bertz CT molecular complexity index is 924. The van der Waals surface area contributed by atoms with E-state index in [-0.39, 0.29) is 48.1 Å². The molecule has 2 aromatic heterocycles. The highest BCUT2D eigenvalue weighted by molar-refractivity contribution is 5.94. The Labute approximate surface area is 162 Å². The van der Waals surface area contributed by atoms with Crippen LogP contribution < -0.4 is 17.0 Å². The summed E-state index contributed by atoms with van der Waals surface area (Å²) in [6, 6.07) is 3.11. The van der Waals surface area contributed by atoms with Crippen LogP contribution >= 0.6 is 24.8 Å². The van der Waals surface area contributed by atoms with Gasteiger partial charge in [-0.3, -0.25) is 18.7 Å². The van der Waals surface area contributed by atoms with Crippen molar-refractivity contribution in [2.24, 2.45) is 19.8 Å². The van der Waals surface area contributed by atoms with Gasteiger partial charge in [-0.2, -0.15) is 0 Å². The second kappa shape index (κ2) is 8.66. The molecule has 8 nitrogen and oxygen atoms in total. The van der Waals surface area contributed by atoms with E-state index in [1.807, 2.05) is 0 Å². The van der Waals surface area contributed by atoms with Crippen LogP contribution in [0.25, 0.3) is 11.0 Å². The maximum Gasteiger partial charge on any atom is 0.332 e. The number of amides is 1. The third kappa shape index (κ3) is 3.62. The molecule has 1 atom stereocenters. The molecule has 3 heterocycles. The molecular formula is C16H23Cl2N5O3. The maximum absolute atomic E-state index is 12.8. The van der Waals surface area contributed by atoms with Crippen molar-refractivity contribution in [3.05, 3.63) is 38.7 Å². The number of aryl methyl sites for hydroxylation is 1. The first-order chi connectivity index (χ1) is 11.5. The first kappa shape index (κ1) is 22.1. The number of hydrogen-bond donors (Lipinski definition) is 1. The Kier molecular flexibility index (Phi) is 7.37. The zero-order valence-electron chi connectivity index (χ0n) is 14.7. The van der Waals surface area contributed by atoms with Crippen LogP contribution in [0.2, 0.25) is 0 Å². The van der Waals surface area contributed by atoms with E-state index < -0.39 is 11.2 Å². The van der Waals surface area contributed by atoms with Gasteiger partial charge in [0, 0.05) is 33.2 Å². The number of aromatic nitrogens is 3. The molecule has 0 aliphatic carbocycles. The van der Waals surface area contributed by atoms with Crippen molar-refractivity contribution in [1.29, 1.82) is 0 Å². The molecule has 1 fully saturated rings. The number of hydrogen-bond acceptors (Lipinski definition) is 5. The minimum absolute atomic E-state index is 0. The highest BCUT2D eigenvalue weighted by Crippen LogP contribution is 2.19. The highest BCUT2D eigenvalue weighted by Gasteiger charge is 2.27. The van der Waals surface area contributed by atoms with Crippen molar-refractivity contribution in [2.75, 3.05) is 13.1 Å². The monoisotopic (exact) mass is 403 g/mol. The van der Waals surface area contributed by atoms with Gasteiger partial charge in [0.05, 0.1) is 5.39 Å². The Morgan fingerprint density at radius 1 is 1.19 bits per heavy atom. The van der Waals surface area contributed by atoms with Gasteiger partial charge in [0.2, 0.25) is 0 Å². The molecule has 0 aromatic carbocycles. The molecule has 2 N–H and O–H groups in total. The number of nitrogens with two attached hydrogens (primary N) is 1. The SMILES string of the molecule is Cl.Cl.Cn1c(=O)c2ccc(C(=O)N3CCCCC3CN)nc2n(C)c1=O. The van der Waals surface area contributed by atoms with E-state index >= 15 is 0 Å². The lowest BCUT2D eigenvalue weighted by Crippen LogP contribution is -2.47. The Hall–Kier alpha value is -1.90. The van der Waals surface area contributed by atoms with Gasteiger partial charge in [0.25, 0.3) is 11.5 Å². The molecule has 0 spiro atoms. The van der Waals surface area contributed by atoms with E-state index in [4.69, 9.17) is 5.73 Å². The summed E-state index contributed by atoms with van der Waals surface area (Å²) in [4.78, 5) is 43.1. The molecule has 1 amide bonds. The largest absolute Gasteiger partial charge is 0.333 e. The van der Waals surface area contributed by atoms with Gasteiger partial charge in [-0.25, -0.2) is 9.78 Å². The molecule has 1 aliphatic heterocycles. The lowest BCUT2D eigenvalue weighted by atomic mass is 10.0. The van der Waals surface area contributed by atoms with E-state index in [9.17, 15) is 14.4 Å². The molecule has 144 valence electrons. The Morgan fingerprint density at radius 3 is 2.54 bits per heavy atom. The number of piperidine rings is 1. The summed E-state index contributed by atoms with van der Waals surface area (Å²) in [6.45, 7) is 1.06. The molecule has 3 rings (SSSR count). The predicted octanol–water partition coefficient (Wildman–Crippen LogP) is 0.429. The van der Waals surface area contributed by atoms with Crippen molar-refractivity contribution in [3.8, 4) is 0 Å². The van der Waals surface area contributed by atoms with Gasteiger partial charge >= 0.3 is 5.69 Å². The Morgan fingerprint density at radius 2 is 1.88 bits per heavy atom. The predicted molar refractivity (Wildman–Crippen MR) is 104 cm³/mol. The fraction of sp³-hybridized carbons (Fsp3) is 0.500. The molecule has 0 saturated carbocycles. The number of pyridine rings is 1. The smallest absolute Gasteiger partial charge is 0.332 e. The molecule has 0 radical (unpaired) electrons. The molecule has 1 saturated heterocycles. The Balaban J connectivity index is 0.00000169. The van der Waals surface area contributed by atoms with Crippen molar-refractivity contribution in [1.82, 2.24) is 19.0 Å². The number of carbonyl (C=O) groups is 1. The van der Waals surface area contributed by atoms with E-state index in [1.54, 1.807) is 17.0 Å². The van der Waals surface area contributed by atoms with Gasteiger partial charge in [-0.05, 0) is 31.4 Å². The molecule has 10 heteroatoms. The second-order valence-electron chi connectivity index (χ2n) is 6.16. The van der Waals surface area contributed by atoms with Crippen molar-refractivity contribution in [2.45, 2.75) is 25.3 Å². The first-order valence-corrected chi connectivity index (χ1v) is 8.03. The summed E-state index contributed by atoms with van der Waals surface area (Å²) in [5.41, 5.74) is 5.33. The molecule has 2 aromatic rings. The van der Waals surface area contributed by atoms with E-state index in [1.165, 1.54) is 18.7 Å². The first-order valence-electron chi connectivity index (χ1n) is 8.03. The molecule has 1 aliphatic rings. The summed E-state index contributed by atoms with van der Waals surface area (Å²) in [5, 5.41) is 0.310. The van der Waals surface area contributed by atoms with E-state index in [2.05, 4.69) is 4.98 Å². The number of rotatable bonds is 2. The quantitative estimate of drug-likeness (QED) is 0.782. The number of likely N-dealkylation sites (tertiary alicyclic amines) is 1. The minimum Gasteiger partial charge on any atom is -0.333 e. The minimum atomic E-state index is -0.470. The van der Waals surface area contributed by atoms with Crippen LogP contribution in [-0.4, -0.2) is 44.1 Å². The van der Waals surface area contributed by atoms with Crippen molar-refractivity contribution in [3.63, 3.8) is 0 Å². The van der Waals surface area contributed by atoms with E-state index in [0.29, 0.717) is 18.5 Å². The molecule has 0 bridgehead atoms. The lowest BCUT2D eigenvalue weighted by molar-refractivity contribution is 0.0617. The van der Waals surface area contributed by atoms with Crippen LogP contribution in [0.15, 0.2) is 21.7 Å². The summed E-state index contributed by atoms with van der Waals surface area (Å²) < 4.78 is 2.31. The maximum atomic E-state index is 12.8. The topological polar surface area (TPSA) is 103 Å². The highest BCUT2D eigenvalue weighted by atomic mass is 35.5. The number of fused-ring (bicyclic) bond motifs is 1. The zero-order chi connectivity index (χ0) is 17.4. The van der Waals surface area contributed by atoms with Crippen LogP contribution in [0.4, 0.5) is 0 Å². The molecular weight excluding hydrogens is 381 g/mol. The normalized spacial score (nSPS) is 16.7. The standard InChI is InChI=1S/C16H21N5O3.2ClH/c1-19-13-11(14(22)20(2)16(19)24)6-7-12(18-13)15(23)21-8-4-3-5-10(21)9-17;;/h6-7,10H,3-5,8-9,17H2,1-2H3;2*1H. The van der Waals surface area contributed by atoms with Gasteiger partial charge in [-0.1, -0.05) is 0 Å². The van der Waals surface area contributed by atoms with Crippen LogP contribution in [0.3, 0.4) is 0 Å². The second-order valence-corrected chi connectivity index (χ2v) is 6.16. The number of carbonyl (C=O) groups excluding carboxylic acids is 1. The van der Waals surface area contributed by atoms with Crippen LogP contribution in [-0.2, 0) is 14.1 Å². The third-order valence-electron chi connectivity index (χ3n) is 4.68. The number of nitrogens with zero attached hydrogens (tertiary/aromatic N) is 4. The lowest BCUT2D eigenvalue weighted by Gasteiger charge is -2.34. The average molecular weight is 404 g/mol. The van der Waals surface area contributed by atoms with Crippen LogP contribution in [0, 0.1) is 0 Å². The molecule has 1 unspecified atom stereocenters. The fourth-order valence-corrected chi connectivity index (χ4v) is 3.23. The van der Waals surface area contributed by atoms with Crippen molar-refractivity contribution >= 4 is 41.8 Å². The van der Waals surface area contributed by atoms with Crippen LogP contribution in [0.1, 0.15) is 29.8 Å². The van der Waals surface area contributed by atoms with Crippen molar-refractivity contribution < 1.29 is 4.79 Å². The summed E-state index contributed by atoms with van der Waals surface area (Å²) in [5.74, 6) is -0.208. The van der Waals surface area contributed by atoms with Gasteiger partial charge in [0.1, 0.15) is 11.3 Å². The fourth-order valence-electron chi connectivity index (χ4n) is 3.23. The summed E-state index contributed by atoms with van der Waals surface area (Å²) >= 11 is 0. The number of halogens is 2. The van der Waals surface area contributed by atoms with E-state index in [0.717, 1.165) is 23.8 Å². The average Bonchev–Trinajstić information content (AvgIpc) is 2.63. The summed E-state index contributed by atoms with van der Waals surface area (Å²) in [6.07, 6.45) is 2.88.